The molecular weight excluding hydrogens is 272 g/mol. The topological polar surface area (TPSA) is 68.8 Å². The van der Waals surface area contributed by atoms with E-state index in [-0.39, 0.29) is 18.1 Å². The van der Waals surface area contributed by atoms with Crippen LogP contribution in [0.15, 0.2) is 18.2 Å². The van der Waals surface area contributed by atoms with Gasteiger partial charge in [0.1, 0.15) is 0 Å². The van der Waals surface area contributed by atoms with Gasteiger partial charge < -0.3 is 24.8 Å². The quantitative estimate of drug-likeness (QED) is 0.830. The molecule has 1 aromatic carbocycles. The molecule has 2 rings (SSSR count). The Morgan fingerprint density at radius 2 is 2.19 bits per heavy atom. The Bertz CT molecular complexity index is 493. The highest BCUT2D eigenvalue weighted by atomic mass is 16.5. The highest BCUT2D eigenvalue weighted by Crippen LogP contribution is 2.30. The molecule has 0 radical (unpaired) electrons. The zero-order valence-corrected chi connectivity index (χ0v) is 12.6. The molecule has 2 N–H and O–H groups in total. The van der Waals surface area contributed by atoms with Crippen LogP contribution in [0.5, 0.6) is 11.5 Å². The van der Waals surface area contributed by atoms with Gasteiger partial charge in [0.15, 0.2) is 11.5 Å². The minimum Gasteiger partial charge on any atom is -0.493 e. The molecule has 1 amide bonds. The third-order valence-corrected chi connectivity index (χ3v) is 3.47. The molecule has 0 aliphatic carbocycles. The number of ether oxygens (including phenoxy) is 3. The Hall–Kier alpha value is -1.79. The van der Waals surface area contributed by atoms with Crippen molar-refractivity contribution in [1.82, 2.24) is 5.32 Å². The molecule has 21 heavy (non-hydrogen) atoms. The highest BCUT2D eigenvalue weighted by Gasteiger charge is 2.29. The summed E-state index contributed by atoms with van der Waals surface area (Å²) in [6.45, 7) is 3.17. The van der Waals surface area contributed by atoms with E-state index < -0.39 is 0 Å². The third-order valence-electron chi connectivity index (χ3n) is 3.47. The largest absolute Gasteiger partial charge is 0.493 e. The second-order valence-electron chi connectivity index (χ2n) is 4.84. The predicted octanol–water partition coefficient (Wildman–Crippen LogP) is 1.41. The van der Waals surface area contributed by atoms with Crippen LogP contribution in [0.3, 0.4) is 0 Å². The lowest BCUT2D eigenvalue weighted by Gasteiger charge is -2.14. The van der Waals surface area contributed by atoms with E-state index in [2.05, 4.69) is 10.6 Å². The van der Waals surface area contributed by atoms with Gasteiger partial charge in [0.2, 0.25) is 5.91 Å². The van der Waals surface area contributed by atoms with E-state index in [1.54, 1.807) is 32.4 Å². The molecular formula is C15H22N2O4. The molecule has 0 bridgehead atoms. The van der Waals surface area contributed by atoms with Crippen LogP contribution < -0.4 is 20.1 Å². The van der Waals surface area contributed by atoms with Crippen LogP contribution in [0.25, 0.3) is 0 Å². The Kier molecular flexibility index (Phi) is 5.41. The van der Waals surface area contributed by atoms with E-state index >= 15 is 0 Å². The lowest BCUT2D eigenvalue weighted by Crippen LogP contribution is -2.35. The van der Waals surface area contributed by atoms with Gasteiger partial charge >= 0.3 is 0 Å². The van der Waals surface area contributed by atoms with Crippen molar-refractivity contribution in [3.63, 3.8) is 0 Å². The van der Waals surface area contributed by atoms with Crippen molar-refractivity contribution in [1.29, 1.82) is 0 Å². The number of anilines is 1. The number of nitrogens with one attached hydrogen (secondary N) is 2. The van der Waals surface area contributed by atoms with Gasteiger partial charge in [-0.05, 0) is 25.5 Å². The van der Waals surface area contributed by atoms with Crippen molar-refractivity contribution in [2.75, 3.05) is 32.7 Å². The molecule has 1 aliphatic rings. The first-order chi connectivity index (χ1) is 10.2. The molecule has 1 fully saturated rings. The average Bonchev–Trinajstić information content (AvgIpc) is 2.98. The van der Waals surface area contributed by atoms with E-state index in [1.165, 1.54) is 0 Å². The first-order valence-electron chi connectivity index (χ1n) is 7.05. The summed E-state index contributed by atoms with van der Waals surface area (Å²) in [5.74, 6) is 1.20. The van der Waals surface area contributed by atoms with Crippen LogP contribution in [0.4, 0.5) is 5.69 Å². The normalized spacial score (nSPS) is 21.1. The number of carbonyl (C=O) groups is 1. The molecule has 2 atom stereocenters. The smallest absolute Gasteiger partial charge is 0.241 e. The number of methoxy groups -OCH3 is 2. The van der Waals surface area contributed by atoms with Gasteiger partial charge in [-0.3, -0.25) is 4.79 Å². The molecule has 0 spiro atoms. The zero-order chi connectivity index (χ0) is 15.2. The number of amides is 1. The van der Waals surface area contributed by atoms with Crippen LogP contribution in [0.1, 0.15) is 13.3 Å². The van der Waals surface area contributed by atoms with Crippen LogP contribution in [-0.2, 0) is 9.53 Å². The summed E-state index contributed by atoms with van der Waals surface area (Å²) >= 11 is 0. The summed E-state index contributed by atoms with van der Waals surface area (Å²) in [5, 5.41) is 6.02. The molecule has 2 unspecified atom stereocenters. The van der Waals surface area contributed by atoms with Crippen LogP contribution >= 0.6 is 0 Å². The second kappa shape index (κ2) is 7.28. The summed E-state index contributed by atoms with van der Waals surface area (Å²) in [6.07, 6.45) is 0.770. The summed E-state index contributed by atoms with van der Waals surface area (Å²) in [6, 6.07) is 5.12. The van der Waals surface area contributed by atoms with E-state index in [4.69, 9.17) is 14.2 Å². The molecule has 6 nitrogen and oxygen atoms in total. The molecule has 1 aromatic rings. The molecule has 1 aliphatic heterocycles. The molecule has 116 valence electrons. The average molecular weight is 294 g/mol. The first-order valence-corrected chi connectivity index (χ1v) is 7.05. The summed E-state index contributed by atoms with van der Waals surface area (Å²) in [4.78, 5) is 12.2. The minimum absolute atomic E-state index is 0.0687. The maximum Gasteiger partial charge on any atom is 0.241 e. The van der Waals surface area contributed by atoms with Gasteiger partial charge in [0, 0.05) is 25.4 Å². The Morgan fingerprint density at radius 3 is 2.81 bits per heavy atom. The standard InChI is InChI=1S/C15H22N2O4/c1-4-21-13-6-5-10(7-14(13)20-3)17-15(18)12-8-11(19-2)9-16-12/h5-7,11-12,16H,4,8-9H2,1-3H3,(H,17,18). The Balaban J connectivity index is 2.01. The molecule has 0 saturated carbocycles. The zero-order valence-electron chi connectivity index (χ0n) is 12.6. The van der Waals surface area contributed by atoms with Crippen molar-refractivity contribution >= 4 is 11.6 Å². The van der Waals surface area contributed by atoms with E-state index in [0.29, 0.717) is 36.8 Å². The lowest BCUT2D eigenvalue weighted by atomic mass is 10.2. The summed E-state index contributed by atoms with van der Waals surface area (Å²) in [7, 11) is 3.23. The van der Waals surface area contributed by atoms with Crippen molar-refractivity contribution in [3.05, 3.63) is 18.2 Å². The highest BCUT2D eigenvalue weighted by molar-refractivity contribution is 5.95. The van der Waals surface area contributed by atoms with Gasteiger partial charge in [-0.1, -0.05) is 0 Å². The number of carbonyl (C=O) groups excluding carboxylic acids is 1. The minimum atomic E-state index is -0.229. The SMILES string of the molecule is CCOc1ccc(NC(=O)C2CC(OC)CN2)cc1OC. The van der Waals surface area contributed by atoms with Gasteiger partial charge in [-0.15, -0.1) is 0 Å². The monoisotopic (exact) mass is 294 g/mol. The molecule has 6 heteroatoms. The van der Waals surface area contributed by atoms with Gasteiger partial charge in [-0.25, -0.2) is 0 Å². The number of rotatable bonds is 6. The molecule has 1 saturated heterocycles. The maximum absolute atomic E-state index is 12.2. The third kappa shape index (κ3) is 3.86. The number of hydrogen-bond donors (Lipinski definition) is 2. The van der Waals surface area contributed by atoms with Crippen molar-refractivity contribution < 1.29 is 19.0 Å². The maximum atomic E-state index is 12.2. The van der Waals surface area contributed by atoms with Crippen molar-refractivity contribution in [2.45, 2.75) is 25.5 Å². The number of benzene rings is 1. The molecule has 1 heterocycles. The lowest BCUT2D eigenvalue weighted by molar-refractivity contribution is -0.118. The fourth-order valence-corrected chi connectivity index (χ4v) is 2.33. The van der Waals surface area contributed by atoms with Gasteiger partial charge in [0.25, 0.3) is 0 Å². The van der Waals surface area contributed by atoms with Crippen LogP contribution in [0.2, 0.25) is 0 Å². The van der Waals surface area contributed by atoms with Crippen molar-refractivity contribution in [3.8, 4) is 11.5 Å². The second-order valence-corrected chi connectivity index (χ2v) is 4.84. The fourth-order valence-electron chi connectivity index (χ4n) is 2.33. The van der Waals surface area contributed by atoms with E-state index in [0.717, 1.165) is 0 Å². The predicted molar refractivity (Wildman–Crippen MR) is 80.0 cm³/mol. The van der Waals surface area contributed by atoms with E-state index in [9.17, 15) is 4.79 Å². The first kappa shape index (κ1) is 15.6. The summed E-state index contributed by atoms with van der Waals surface area (Å²) < 4.78 is 16.0. The van der Waals surface area contributed by atoms with Gasteiger partial charge in [0.05, 0.1) is 25.9 Å². The Morgan fingerprint density at radius 1 is 1.38 bits per heavy atom. The summed E-state index contributed by atoms with van der Waals surface area (Å²) in [5.41, 5.74) is 0.683. The molecule has 0 aromatic heterocycles. The number of hydrogen-bond acceptors (Lipinski definition) is 5. The van der Waals surface area contributed by atoms with Gasteiger partial charge in [-0.2, -0.15) is 0 Å². The van der Waals surface area contributed by atoms with Crippen molar-refractivity contribution in [2.24, 2.45) is 0 Å². The fraction of sp³-hybridized carbons (Fsp3) is 0.533. The van der Waals surface area contributed by atoms with E-state index in [1.807, 2.05) is 6.92 Å². The van der Waals surface area contributed by atoms with Crippen LogP contribution in [-0.4, -0.2) is 45.4 Å². The Labute approximate surface area is 124 Å². The van der Waals surface area contributed by atoms with Crippen LogP contribution in [0, 0.1) is 0 Å².